The summed E-state index contributed by atoms with van der Waals surface area (Å²) >= 11 is 0. The summed E-state index contributed by atoms with van der Waals surface area (Å²) in [6, 6.07) is 5.90. The Balaban J connectivity index is 3.28. The zero-order valence-corrected chi connectivity index (χ0v) is 8.88. The molecule has 0 fully saturated rings. The maximum atomic E-state index is 12.9. The van der Waals surface area contributed by atoms with Crippen LogP contribution in [0.15, 0.2) is 24.3 Å². The Morgan fingerprint density at radius 1 is 1.25 bits per heavy atom. The average Bonchev–Trinajstić information content (AvgIpc) is 2.16. The van der Waals surface area contributed by atoms with Gasteiger partial charge in [0.05, 0.1) is 0 Å². The predicted octanol–water partition coefficient (Wildman–Crippen LogP) is 2.09. The molecule has 3 N–H and O–H groups in total. The first kappa shape index (κ1) is 13.0. The molecule has 90 valence electrons. The number of hydrogen-bond acceptors (Lipinski definition) is 2. The zero-order chi connectivity index (χ0) is 12.4. The lowest BCUT2D eigenvalue weighted by atomic mass is 9.87. The molecule has 16 heavy (non-hydrogen) atoms. The fourth-order valence-corrected chi connectivity index (χ4v) is 1.67. The van der Waals surface area contributed by atoms with Crippen molar-refractivity contribution >= 4 is 0 Å². The van der Waals surface area contributed by atoms with Crippen LogP contribution in [0.3, 0.4) is 0 Å². The van der Waals surface area contributed by atoms with Crippen molar-refractivity contribution in [1.29, 1.82) is 0 Å². The Bertz CT molecular complexity index is 364. The van der Waals surface area contributed by atoms with Crippen LogP contribution in [-0.4, -0.2) is 17.8 Å². The van der Waals surface area contributed by atoms with Gasteiger partial charge in [-0.2, -0.15) is 13.2 Å². The van der Waals surface area contributed by atoms with Crippen molar-refractivity contribution in [3.05, 3.63) is 35.4 Å². The molecule has 0 saturated carbocycles. The Kier molecular flexibility index (Phi) is 3.60. The average molecular weight is 233 g/mol. The van der Waals surface area contributed by atoms with Gasteiger partial charge < -0.3 is 10.8 Å². The summed E-state index contributed by atoms with van der Waals surface area (Å²) < 4.78 is 38.6. The summed E-state index contributed by atoms with van der Waals surface area (Å²) in [5, 5.41) is 9.79. The molecular weight excluding hydrogens is 219 g/mol. The molecule has 1 atom stereocenters. The minimum absolute atomic E-state index is 0.132. The normalized spacial score (nSPS) is 15.9. The molecule has 5 heteroatoms. The molecule has 0 heterocycles. The summed E-state index contributed by atoms with van der Waals surface area (Å²) in [5.74, 6) is 0. The smallest absolute Gasteiger partial charge is 0.376 e. The zero-order valence-electron chi connectivity index (χ0n) is 8.88. The molecule has 1 rings (SSSR count). The lowest BCUT2D eigenvalue weighted by Crippen LogP contribution is -2.44. The maximum absolute atomic E-state index is 12.9. The Labute approximate surface area is 91.9 Å². The highest BCUT2D eigenvalue weighted by Crippen LogP contribution is 2.42. The van der Waals surface area contributed by atoms with Crippen LogP contribution in [0, 0.1) is 6.92 Å². The van der Waals surface area contributed by atoms with E-state index in [1.807, 2.05) is 0 Å². The monoisotopic (exact) mass is 233 g/mol. The van der Waals surface area contributed by atoms with E-state index < -0.39 is 18.2 Å². The summed E-state index contributed by atoms with van der Waals surface area (Å²) in [5.41, 5.74) is 2.55. The Morgan fingerprint density at radius 2 is 1.81 bits per heavy atom. The third-order valence-corrected chi connectivity index (χ3v) is 2.57. The molecule has 0 amide bonds. The van der Waals surface area contributed by atoms with Gasteiger partial charge in [-0.3, -0.25) is 0 Å². The van der Waals surface area contributed by atoms with Gasteiger partial charge in [0.15, 0.2) is 5.60 Å². The first-order chi connectivity index (χ1) is 7.33. The number of nitrogens with two attached hydrogens (primary N) is 1. The third kappa shape index (κ3) is 2.20. The number of halogens is 3. The van der Waals surface area contributed by atoms with E-state index in [1.54, 1.807) is 6.07 Å². The van der Waals surface area contributed by atoms with E-state index >= 15 is 0 Å². The second-order valence-electron chi connectivity index (χ2n) is 3.71. The molecule has 0 radical (unpaired) electrons. The van der Waals surface area contributed by atoms with Crippen molar-refractivity contribution in [3.8, 4) is 0 Å². The molecule has 1 aromatic rings. The second-order valence-corrected chi connectivity index (χ2v) is 3.71. The summed E-state index contributed by atoms with van der Waals surface area (Å²) in [7, 11) is 0. The fraction of sp³-hybridized carbons (Fsp3) is 0.455. The van der Waals surface area contributed by atoms with E-state index in [9.17, 15) is 18.3 Å². The maximum Gasteiger partial charge on any atom is 0.421 e. The molecule has 0 saturated heterocycles. The van der Waals surface area contributed by atoms with Crippen molar-refractivity contribution in [2.45, 2.75) is 25.1 Å². The SMILES string of the molecule is Cc1ccccc1C(O)(CCN)C(F)(F)F. The number of rotatable bonds is 3. The first-order valence-corrected chi connectivity index (χ1v) is 4.88. The van der Waals surface area contributed by atoms with Crippen molar-refractivity contribution in [1.82, 2.24) is 0 Å². The molecule has 2 nitrogen and oxygen atoms in total. The van der Waals surface area contributed by atoms with Crippen molar-refractivity contribution < 1.29 is 18.3 Å². The van der Waals surface area contributed by atoms with Crippen LogP contribution in [0.2, 0.25) is 0 Å². The fourth-order valence-electron chi connectivity index (χ4n) is 1.67. The number of aliphatic hydroxyl groups is 1. The summed E-state index contributed by atoms with van der Waals surface area (Å²) in [6.45, 7) is 1.30. The molecule has 1 aromatic carbocycles. The minimum atomic E-state index is -4.72. The molecule has 0 spiro atoms. The van der Waals surface area contributed by atoms with E-state index in [4.69, 9.17) is 5.73 Å². The van der Waals surface area contributed by atoms with Gasteiger partial charge in [-0.1, -0.05) is 24.3 Å². The highest BCUT2D eigenvalue weighted by Gasteiger charge is 2.54. The van der Waals surface area contributed by atoms with Gasteiger partial charge in [0.2, 0.25) is 0 Å². The highest BCUT2D eigenvalue weighted by atomic mass is 19.4. The molecule has 0 aromatic heterocycles. The van der Waals surface area contributed by atoms with Crippen molar-refractivity contribution in [2.24, 2.45) is 5.73 Å². The minimum Gasteiger partial charge on any atom is -0.376 e. The van der Waals surface area contributed by atoms with E-state index in [-0.39, 0.29) is 12.1 Å². The van der Waals surface area contributed by atoms with Crippen LogP contribution >= 0.6 is 0 Å². The van der Waals surface area contributed by atoms with Crippen molar-refractivity contribution in [3.63, 3.8) is 0 Å². The number of alkyl halides is 3. The van der Waals surface area contributed by atoms with Gasteiger partial charge in [0.25, 0.3) is 0 Å². The molecule has 0 aliphatic rings. The molecule has 0 aliphatic heterocycles. The lowest BCUT2D eigenvalue weighted by molar-refractivity contribution is -0.268. The van der Waals surface area contributed by atoms with Crippen LogP contribution in [0.4, 0.5) is 13.2 Å². The van der Waals surface area contributed by atoms with Crippen LogP contribution in [0.5, 0.6) is 0 Å². The van der Waals surface area contributed by atoms with Gasteiger partial charge >= 0.3 is 6.18 Å². The van der Waals surface area contributed by atoms with Gasteiger partial charge in [-0.25, -0.2) is 0 Å². The summed E-state index contributed by atoms with van der Waals surface area (Å²) in [4.78, 5) is 0. The molecule has 0 aliphatic carbocycles. The van der Waals surface area contributed by atoms with E-state index in [2.05, 4.69) is 0 Å². The number of hydrogen-bond donors (Lipinski definition) is 2. The van der Waals surface area contributed by atoms with Crippen LogP contribution < -0.4 is 5.73 Å². The van der Waals surface area contributed by atoms with Crippen LogP contribution in [0.25, 0.3) is 0 Å². The van der Waals surface area contributed by atoms with Gasteiger partial charge in [0, 0.05) is 6.42 Å². The highest BCUT2D eigenvalue weighted by molar-refractivity contribution is 5.32. The largest absolute Gasteiger partial charge is 0.421 e. The summed E-state index contributed by atoms with van der Waals surface area (Å²) in [6.07, 6.45) is -5.26. The van der Waals surface area contributed by atoms with Crippen molar-refractivity contribution in [2.75, 3.05) is 6.54 Å². The number of benzene rings is 1. The third-order valence-electron chi connectivity index (χ3n) is 2.57. The predicted molar refractivity (Wildman–Crippen MR) is 54.8 cm³/mol. The Hall–Kier alpha value is -1.07. The van der Waals surface area contributed by atoms with Gasteiger partial charge in [-0.15, -0.1) is 0 Å². The van der Waals surface area contributed by atoms with Gasteiger partial charge in [-0.05, 0) is 24.6 Å². The Morgan fingerprint density at radius 3 is 2.25 bits per heavy atom. The number of aryl methyl sites for hydroxylation is 1. The van der Waals surface area contributed by atoms with Crippen LogP contribution in [-0.2, 0) is 5.60 Å². The topological polar surface area (TPSA) is 46.2 Å². The van der Waals surface area contributed by atoms with E-state index in [1.165, 1.54) is 25.1 Å². The molecule has 1 unspecified atom stereocenters. The lowest BCUT2D eigenvalue weighted by Gasteiger charge is -2.31. The standard InChI is InChI=1S/C11H14F3NO/c1-8-4-2-3-5-9(8)10(16,6-7-15)11(12,13)14/h2-5,16H,6-7,15H2,1H3. The quantitative estimate of drug-likeness (QED) is 0.839. The second kappa shape index (κ2) is 4.43. The molecule has 0 bridgehead atoms. The first-order valence-electron chi connectivity index (χ1n) is 4.88. The molecular formula is C11H14F3NO. The van der Waals surface area contributed by atoms with Gasteiger partial charge in [0.1, 0.15) is 0 Å². The van der Waals surface area contributed by atoms with E-state index in [0.29, 0.717) is 5.56 Å². The van der Waals surface area contributed by atoms with Crippen LogP contribution in [0.1, 0.15) is 17.5 Å². The van der Waals surface area contributed by atoms with E-state index in [0.717, 1.165) is 0 Å².